The smallest absolute Gasteiger partial charge is 0.120 e. The lowest BCUT2D eigenvalue weighted by atomic mass is 10.0. The van der Waals surface area contributed by atoms with Crippen molar-refractivity contribution in [2.75, 3.05) is 13.7 Å². The van der Waals surface area contributed by atoms with Crippen molar-refractivity contribution in [3.8, 4) is 5.75 Å². The first kappa shape index (κ1) is 12.3. The third-order valence-corrected chi connectivity index (χ3v) is 2.65. The van der Waals surface area contributed by atoms with Crippen LogP contribution >= 0.6 is 11.6 Å². The van der Waals surface area contributed by atoms with Crippen LogP contribution < -0.4 is 16.2 Å². The van der Waals surface area contributed by atoms with Crippen LogP contribution in [-0.4, -0.2) is 13.7 Å². The van der Waals surface area contributed by atoms with Gasteiger partial charge in [0, 0.05) is 11.1 Å². The minimum absolute atomic E-state index is 0.0491. The molecule has 0 aliphatic rings. The Morgan fingerprint density at radius 3 is 2.73 bits per heavy atom. The molecule has 3 nitrogen and oxygen atoms in total. The molecular formula is C11H17ClN2O. The van der Waals surface area contributed by atoms with E-state index in [1.54, 1.807) is 13.2 Å². The van der Waals surface area contributed by atoms with Gasteiger partial charge in [-0.05, 0) is 37.1 Å². The number of methoxy groups -OCH3 is 1. The average molecular weight is 229 g/mol. The minimum atomic E-state index is -0.0491. The van der Waals surface area contributed by atoms with E-state index in [1.807, 2.05) is 12.1 Å². The summed E-state index contributed by atoms with van der Waals surface area (Å²) in [6.07, 6.45) is 1.76. The molecule has 0 aromatic heterocycles. The van der Waals surface area contributed by atoms with Gasteiger partial charge in [0.05, 0.1) is 7.11 Å². The van der Waals surface area contributed by atoms with Crippen molar-refractivity contribution in [1.82, 2.24) is 0 Å². The van der Waals surface area contributed by atoms with Gasteiger partial charge >= 0.3 is 0 Å². The molecule has 15 heavy (non-hydrogen) atoms. The highest BCUT2D eigenvalue weighted by molar-refractivity contribution is 6.31. The van der Waals surface area contributed by atoms with Crippen LogP contribution in [-0.2, 0) is 0 Å². The van der Waals surface area contributed by atoms with Crippen LogP contribution in [0.1, 0.15) is 24.4 Å². The predicted molar refractivity (Wildman–Crippen MR) is 63.2 cm³/mol. The van der Waals surface area contributed by atoms with Crippen molar-refractivity contribution in [2.45, 2.75) is 18.9 Å². The maximum Gasteiger partial charge on any atom is 0.120 e. The first-order chi connectivity index (χ1) is 7.19. The lowest BCUT2D eigenvalue weighted by Crippen LogP contribution is -2.13. The molecular weight excluding hydrogens is 212 g/mol. The maximum absolute atomic E-state index is 6.09. The van der Waals surface area contributed by atoms with Gasteiger partial charge in [0.2, 0.25) is 0 Å². The summed E-state index contributed by atoms with van der Waals surface area (Å²) < 4.78 is 5.07. The van der Waals surface area contributed by atoms with Gasteiger partial charge < -0.3 is 16.2 Å². The van der Waals surface area contributed by atoms with Crippen molar-refractivity contribution >= 4 is 11.6 Å². The van der Waals surface area contributed by atoms with Gasteiger partial charge in [0.1, 0.15) is 5.75 Å². The molecule has 84 valence electrons. The lowest BCUT2D eigenvalue weighted by molar-refractivity contribution is 0.414. The molecule has 1 atom stereocenters. The SMILES string of the molecule is COc1ccc(C(N)CCCN)c(Cl)c1. The largest absolute Gasteiger partial charge is 0.497 e. The highest BCUT2D eigenvalue weighted by Gasteiger charge is 2.10. The van der Waals surface area contributed by atoms with Gasteiger partial charge in [0.25, 0.3) is 0 Å². The zero-order chi connectivity index (χ0) is 11.3. The molecule has 0 aliphatic heterocycles. The standard InChI is InChI=1S/C11H17ClN2O/c1-15-8-4-5-9(10(12)7-8)11(14)3-2-6-13/h4-5,7,11H,2-3,6,13-14H2,1H3. The van der Waals surface area contributed by atoms with Crippen LogP contribution in [0.2, 0.25) is 5.02 Å². The Bertz CT molecular complexity index is 317. The molecule has 1 rings (SSSR count). The second kappa shape index (κ2) is 5.95. The molecule has 1 unspecified atom stereocenters. The Balaban J connectivity index is 2.76. The van der Waals surface area contributed by atoms with Crippen LogP contribution in [0.15, 0.2) is 18.2 Å². The molecule has 0 radical (unpaired) electrons. The number of nitrogens with two attached hydrogens (primary N) is 2. The van der Waals surface area contributed by atoms with E-state index in [4.69, 9.17) is 27.8 Å². The number of hydrogen-bond donors (Lipinski definition) is 2. The number of halogens is 1. The maximum atomic E-state index is 6.09. The van der Waals surface area contributed by atoms with Crippen molar-refractivity contribution < 1.29 is 4.74 Å². The molecule has 4 N–H and O–H groups in total. The monoisotopic (exact) mass is 228 g/mol. The fourth-order valence-electron chi connectivity index (χ4n) is 1.43. The second-order valence-corrected chi connectivity index (χ2v) is 3.83. The lowest BCUT2D eigenvalue weighted by Gasteiger charge is -2.13. The summed E-state index contributed by atoms with van der Waals surface area (Å²) >= 11 is 6.09. The van der Waals surface area contributed by atoms with Crippen LogP contribution in [0.25, 0.3) is 0 Å². The van der Waals surface area contributed by atoms with Gasteiger partial charge in [-0.15, -0.1) is 0 Å². The molecule has 0 bridgehead atoms. The zero-order valence-corrected chi connectivity index (χ0v) is 9.63. The zero-order valence-electron chi connectivity index (χ0n) is 8.87. The first-order valence-corrected chi connectivity index (χ1v) is 5.36. The van der Waals surface area contributed by atoms with Gasteiger partial charge in [-0.2, -0.15) is 0 Å². The van der Waals surface area contributed by atoms with Crippen LogP contribution in [0.4, 0.5) is 0 Å². The summed E-state index contributed by atoms with van der Waals surface area (Å²) in [4.78, 5) is 0. The van der Waals surface area contributed by atoms with Crippen molar-refractivity contribution in [2.24, 2.45) is 11.5 Å². The van der Waals surface area contributed by atoms with Gasteiger partial charge in [0.15, 0.2) is 0 Å². The molecule has 0 saturated heterocycles. The molecule has 0 fully saturated rings. The number of ether oxygens (including phenoxy) is 1. The first-order valence-electron chi connectivity index (χ1n) is 4.98. The summed E-state index contributed by atoms with van der Waals surface area (Å²) in [6, 6.07) is 5.50. The summed E-state index contributed by atoms with van der Waals surface area (Å²) in [5.41, 5.74) is 12.4. The highest BCUT2D eigenvalue weighted by atomic mass is 35.5. The van der Waals surface area contributed by atoms with Crippen LogP contribution in [0, 0.1) is 0 Å². The fraction of sp³-hybridized carbons (Fsp3) is 0.455. The van der Waals surface area contributed by atoms with E-state index >= 15 is 0 Å². The van der Waals surface area contributed by atoms with Crippen molar-refractivity contribution in [3.05, 3.63) is 28.8 Å². The van der Waals surface area contributed by atoms with Crippen LogP contribution in [0.3, 0.4) is 0 Å². The van der Waals surface area contributed by atoms with E-state index in [-0.39, 0.29) is 6.04 Å². The van der Waals surface area contributed by atoms with E-state index < -0.39 is 0 Å². The highest BCUT2D eigenvalue weighted by Crippen LogP contribution is 2.28. The van der Waals surface area contributed by atoms with Crippen molar-refractivity contribution in [3.63, 3.8) is 0 Å². The summed E-state index contributed by atoms with van der Waals surface area (Å²) in [6.45, 7) is 0.654. The topological polar surface area (TPSA) is 61.3 Å². The molecule has 0 aliphatic carbocycles. The predicted octanol–water partition coefficient (Wildman–Crippen LogP) is 2.09. The summed E-state index contributed by atoms with van der Waals surface area (Å²) in [7, 11) is 1.61. The number of benzene rings is 1. The van der Waals surface area contributed by atoms with Gasteiger partial charge in [-0.1, -0.05) is 17.7 Å². The average Bonchev–Trinajstić information content (AvgIpc) is 2.25. The van der Waals surface area contributed by atoms with E-state index in [9.17, 15) is 0 Å². The van der Waals surface area contributed by atoms with E-state index in [1.165, 1.54) is 0 Å². The Hall–Kier alpha value is -0.770. The fourth-order valence-corrected chi connectivity index (χ4v) is 1.74. The Morgan fingerprint density at radius 1 is 1.47 bits per heavy atom. The van der Waals surface area contributed by atoms with Gasteiger partial charge in [-0.3, -0.25) is 0 Å². The third kappa shape index (κ3) is 3.38. The second-order valence-electron chi connectivity index (χ2n) is 3.42. The molecule has 1 aromatic rings. The molecule has 4 heteroatoms. The number of hydrogen-bond acceptors (Lipinski definition) is 3. The number of rotatable bonds is 5. The Kier molecular flexibility index (Phi) is 4.88. The van der Waals surface area contributed by atoms with Crippen molar-refractivity contribution in [1.29, 1.82) is 0 Å². The normalized spacial score (nSPS) is 12.5. The molecule has 0 amide bonds. The van der Waals surface area contributed by atoms with E-state index in [0.29, 0.717) is 11.6 Å². The summed E-state index contributed by atoms with van der Waals surface area (Å²) in [5, 5.41) is 0.652. The minimum Gasteiger partial charge on any atom is -0.497 e. The van der Waals surface area contributed by atoms with E-state index in [2.05, 4.69) is 0 Å². The Labute approximate surface area is 95.4 Å². The third-order valence-electron chi connectivity index (χ3n) is 2.33. The Morgan fingerprint density at radius 2 is 2.20 bits per heavy atom. The summed E-state index contributed by atoms with van der Waals surface area (Å²) in [5.74, 6) is 0.745. The van der Waals surface area contributed by atoms with E-state index in [0.717, 1.165) is 24.2 Å². The van der Waals surface area contributed by atoms with Gasteiger partial charge in [-0.25, -0.2) is 0 Å². The molecule has 1 aromatic carbocycles. The quantitative estimate of drug-likeness (QED) is 0.811. The van der Waals surface area contributed by atoms with Crippen LogP contribution in [0.5, 0.6) is 5.75 Å². The molecule has 0 saturated carbocycles. The molecule has 0 heterocycles. The molecule has 0 spiro atoms.